The first-order chi connectivity index (χ1) is 6.78. The highest BCUT2D eigenvalue weighted by molar-refractivity contribution is 5.27. The van der Waals surface area contributed by atoms with Crippen LogP contribution in [0.25, 0.3) is 4.85 Å². The summed E-state index contributed by atoms with van der Waals surface area (Å²) in [6, 6.07) is 10.4. The van der Waals surface area contributed by atoms with Gasteiger partial charge >= 0.3 is 0 Å². The summed E-state index contributed by atoms with van der Waals surface area (Å²) in [6.07, 6.45) is 3.37. The molecule has 2 rings (SSSR count). The van der Waals surface area contributed by atoms with Crippen LogP contribution in [0.1, 0.15) is 37.7 Å². The molecule has 0 saturated heterocycles. The minimum Gasteiger partial charge on any atom is -0.310 e. The van der Waals surface area contributed by atoms with E-state index in [4.69, 9.17) is 6.57 Å². The van der Waals surface area contributed by atoms with Crippen LogP contribution in [0.3, 0.4) is 0 Å². The van der Waals surface area contributed by atoms with Crippen molar-refractivity contribution < 1.29 is 0 Å². The van der Waals surface area contributed by atoms with E-state index in [1.54, 1.807) is 0 Å². The zero-order valence-corrected chi connectivity index (χ0v) is 8.53. The molecular weight excluding hydrogens is 170 g/mol. The maximum Gasteiger partial charge on any atom is 0.239 e. The van der Waals surface area contributed by atoms with E-state index >= 15 is 0 Å². The van der Waals surface area contributed by atoms with E-state index in [0.717, 1.165) is 12.8 Å². The quantitative estimate of drug-likeness (QED) is 0.620. The van der Waals surface area contributed by atoms with E-state index < -0.39 is 0 Å². The van der Waals surface area contributed by atoms with E-state index in [1.807, 2.05) is 6.07 Å². The lowest BCUT2D eigenvalue weighted by molar-refractivity contribution is 0.260. The number of rotatable bonds is 2. The Balaban J connectivity index is 2.24. The molecule has 1 aliphatic rings. The molecule has 1 heteroatoms. The number of nitrogens with zero attached hydrogens (tertiary/aromatic N) is 1. The Bertz CT molecular complexity index is 343. The van der Waals surface area contributed by atoms with Crippen LogP contribution in [0.15, 0.2) is 30.3 Å². The smallest absolute Gasteiger partial charge is 0.239 e. The zero-order valence-electron chi connectivity index (χ0n) is 8.53. The summed E-state index contributed by atoms with van der Waals surface area (Å²) in [5.41, 5.74) is 1.23. The van der Waals surface area contributed by atoms with Gasteiger partial charge in [-0.3, -0.25) is 0 Å². The molecule has 1 aromatic rings. The van der Waals surface area contributed by atoms with Crippen molar-refractivity contribution in [2.24, 2.45) is 0 Å². The van der Waals surface area contributed by atoms with Crippen LogP contribution in [0.4, 0.5) is 0 Å². The Morgan fingerprint density at radius 1 is 1.29 bits per heavy atom. The third-order valence-corrected chi connectivity index (χ3v) is 3.55. The molecule has 1 saturated carbocycles. The number of benzene rings is 1. The van der Waals surface area contributed by atoms with Crippen molar-refractivity contribution >= 4 is 0 Å². The fraction of sp³-hybridized carbons (Fsp3) is 0.462. The average Bonchev–Trinajstić information content (AvgIpc) is 2.18. The van der Waals surface area contributed by atoms with Crippen molar-refractivity contribution in [1.82, 2.24) is 0 Å². The second-order valence-corrected chi connectivity index (χ2v) is 4.20. The minimum atomic E-state index is -0.0820. The third kappa shape index (κ3) is 1.32. The Morgan fingerprint density at radius 3 is 2.36 bits per heavy atom. The molecule has 1 fully saturated rings. The SMILES string of the molecule is [C-]#[N+]C1(C(C)c2ccccc2)CCC1. The largest absolute Gasteiger partial charge is 0.310 e. The predicted octanol–water partition coefficient (Wildman–Crippen LogP) is 3.63. The van der Waals surface area contributed by atoms with Crippen molar-refractivity contribution in [3.8, 4) is 0 Å². The molecule has 72 valence electrons. The van der Waals surface area contributed by atoms with Gasteiger partial charge in [-0.1, -0.05) is 37.3 Å². The molecule has 1 atom stereocenters. The van der Waals surface area contributed by atoms with Crippen molar-refractivity contribution in [1.29, 1.82) is 0 Å². The third-order valence-electron chi connectivity index (χ3n) is 3.55. The van der Waals surface area contributed by atoms with Crippen molar-refractivity contribution in [2.75, 3.05) is 0 Å². The fourth-order valence-electron chi connectivity index (χ4n) is 2.23. The van der Waals surface area contributed by atoms with Crippen LogP contribution in [-0.4, -0.2) is 5.54 Å². The highest BCUT2D eigenvalue weighted by Gasteiger charge is 2.49. The highest BCUT2D eigenvalue weighted by Crippen LogP contribution is 2.46. The van der Waals surface area contributed by atoms with Gasteiger partial charge in [0.2, 0.25) is 5.54 Å². The van der Waals surface area contributed by atoms with Gasteiger partial charge < -0.3 is 4.85 Å². The predicted molar refractivity (Wildman–Crippen MR) is 58.0 cm³/mol. The van der Waals surface area contributed by atoms with Crippen LogP contribution in [-0.2, 0) is 0 Å². The lowest BCUT2D eigenvalue weighted by atomic mass is 9.67. The van der Waals surface area contributed by atoms with Gasteiger partial charge in [-0.15, -0.1) is 0 Å². The lowest BCUT2D eigenvalue weighted by Crippen LogP contribution is -2.38. The summed E-state index contributed by atoms with van der Waals surface area (Å²) in [4.78, 5) is 3.85. The summed E-state index contributed by atoms with van der Waals surface area (Å²) < 4.78 is 0. The van der Waals surface area contributed by atoms with E-state index in [-0.39, 0.29) is 5.54 Å². The van der Waals surface area contributed by atoms with Gasteiger partial charge in [0.1, 0.15) is 0 Å². The summed E-state index contributed by atoms with van der Waals surface area (Å²) in [7, 11) is 0. The first-order valence-corrected chi connectivity index (χ1v) is 5.22. The first-order valence-electron chi connectivity index (χ1n) is 5.22. The monoisotopic (exact) mass is 185 g/mol. The molecule has 0 aliphatic heterocycles. The number of hydrogen-bond acceptors (Lipinski definition) is 0. The molecule has 0 amide bonds. The molecule has 0 spiro atoms. The lowest BCUT2D eigenvalue weighted by Gasteiger charge is -2.35. The minimum absolute atomic E-state index is 0.0820. The molecule has 0 heterocycles. The maximum atomic E-state index is 7.31. The normalized spacial score (nSPS) is 20.6. The molecule has 0 N–H and O–H groups in total. The Kier molecular flexibility index (Phi) is 2.29. The number of hydrogen-bond donors (Lipinski definition) is 0. The highest BCUT2D eigenvalue weighted by atomic mass is 14.8. The molecule has 1 aromatic carbocycles. The van der Waals surface area contributed by atoms with Crippen molar-refractivity contribution in [3.63, 3.8) is 0 Å². The van der Waals surface area contributed by atoms with E-state index in [1.165, 1.54) is 12.0 Å². The van der Waals surface area contributed by atoms with E-state index in [2.05, 4.69) is 36.0 Å². The molecular formula is C13H15N. The summed E-state index contributed by atoms with van der Waals surface area (Å²) in [6.45, 7) is 9.50. The Labute approximate surface area is 85.6 Å². The van der Waals surface area contributed by atoms with E-state index in [0.29, 0.717) is 5.92 Å². The van der Waals surface area contributed by atoms with E-state index in [9.17, 15) is 0 Å². The molecule has 1 nitrogen and oxygen atoms in total. The summed E-state index contributed by atoms with van der Waals surface area (Å²) in [5, 5.41) is 0. The van der Waals surface area contributed by atoms with Gasteiger partial charge in [-0.2, -0.15) is 0 Å². The van der Waals surface area contributed by atoms with Gasteiger partial charge in [-0.05, 0) is 12.0 Å². The Hall–Kier alpha value is -1.29. The van der Waals surface area contributed by atoms with Crippen LogP contribution in [0.2, 0.25) is 0 Å². The molecule has 0 bridgehead atoms. The van der Waals surface area contributed by atoms with Crippen LogP contribution >= 0.6 is 0 Å². The molecule has 0 aromatic heterocycles. The van der Waals surface area contributed by atoms with Gasteiger partial charge in [0.05, 0.1) is 5.92 Å². The van der Waals surface area contributed by atoms with Crippen LogP contribution in [0.5, 0.6) is 0 Å². The zero-order chi connectivity index (χ0) is 10.0. The second-order valence-electron chi connectivity index (χ2n) is 4.20. The standard InChI is InChI=1S/C13H15N/c1-11(12-7-4-3-5-8-12)13(14-2)9-6-10-13/h3-5,7-8,11H,6,9-10H2,1H3. The molecule has 1 aliphatic carbocycles. The molecule has 14 heavy (non-hydrogen) atoms. The van der Waals surface area contributed by atoms with Crippen molar-refractivity contribution in [2.45, 2.75) is 37.6 Å². The Morgan fingerprint density at radius 2 is 1.93 bits per heavy atom. The summed E-state index contributed by atoms with van der Waals surface area (Å²) >= 11 is 0. The second kappa shape index (κ2) is 3.46. The van der Waals surface area contributed by atoms with Gasteiger partial charge in [-0.25, -0.2) is 6.57 Å². The molecule has 0 radical (unpaired) electrons. The summed E-state index contributed by atoms with van der Waals surface area (Å²) in [5.74, 6) is 0.384. The average molecular weight is 185 g/mol. The topological polar surface area (TPSA) is 4.36 Å². The first kappa shape index (κ1) is 9.27. The van der Waals surface area contributed by atoms with Crippen LogP contribution in [0, 0.1) is 6.57 Å². The maximum absolute atomic E-state index is 7.31. The van der Waals surface area contributed by atoms with Gasteiger partial charge in [0, 0.05) is 12.8 Å². The van der Waals surface area contributed by atoms with Crippen LogP contribution < -0.4 is 0 Å². The molecule has 1 unspecified atom stereocenters. The van der Waals surface area contributed by atoms with Gasteiger partial charge in [0.15, 0.2) is 0 Å². The van der Waals surface area contributed by atoms with Crippen molar-refractivity contribution in [3.05, 3.63) is 47.3 Å². The van der Waals surface area contributed by atoms with Gasteiger partial charge in [0.25, 0.3) is 0 Å². The fourth-order valence-corrected chi connectivity index (χ4v) is 2.23.